The molecule has 1 unspecified atom stereocenters. The Balaban J connectivity index is 1.39. The van der Waals surface area contributed by atoms with Gasteiger partial charge in [-0.25, -0.2) is 4.98 Å². The van der Waals surface area contributed by atoms with Crippen LogP contribution in [0.3, 0.4) is 0 Å². The summed E-state index contributed by atoms with van der Waals surface area (Å²) in [7, 11) is 1.87. The van der Waals surface area contributed by atoms with E-state index in [4.69, 9.17) is 9.72 Å². The molecule has 2 N–H and O–H groups in total. The van der Waals surface area contributed by atoms with E-state index in [1.807, 2.05) is 32.2 Å². The number of carbonyl (C=O) groups excluding carboxylic acids is 1. The summed E-state index contributed by atoms with van der Waals surface area (Å²) in [4.78, 5) is 23.2. The number of nitrogens with zero attached hydrogens (tertiary/aromatic N) is 3. The van der Waals surface area contributed by atoms with Crippen molar-refractivity contribution >= 4 is 22.6 Å². The van der Waals surface area contributed by atoms with Gasteiger partial charge in [0.25, 0.3) is 0 Å². The van der Waals surface area contributed by atoms with E-state index in [0.717, 1.165) is 67.1 Å². The number of ether oxygens (including phenoxy) is 1. The zero-order valence-electron chi connectivity index (χ0n) is 19.3. The van der Waals surface area contributed by atoms with Crippen molar-refractivity contribution in [3.63, 3.8) is 0 Å². The fourth-order valence-corrected chi connectivity index (χ4v) is 5.28. The number of amides is 1. The summed E-state index contributed by atoms with van der Waals surface area (Å²) in [5.74, 6) is 2.05. The second-order valence-electron chi connectivity index (χ2n) is 9.47. The lowest BCUT2D eigenvalue weighted by atomic mass is 9.85. The van der Waals surface area contributed by atoms with E-state index in [1.54, 1.807) is 4.90 Å². The lowest BCUT2D eigenvalue weighted by Gasteiger charge is -2.30. The number of hydrogen-bond acceptors (Lipinski definition) is 4. The molecule has 1 aliphatic heterocycles. The standard InChI is InChI=1S/C25H33N5O2/c1-4-16-5-7-20-19(13-16)23(29-28-20)24-26-21-8-6-18(14-22(21)27-24)30(3)25(31)15(2)17-9-11-32-12-10-17/h6,8,14-17H,4-5,7,9-13H2,1-3H3,(H,26,27)(H,28,29)/t15?,16-/m0/s1. The maximum absolute atomic E-state index is 13.1. The zero-order valence-corrected chi connectivity index (χ0v) is 19.3. The molecule has 1 saturated heterocycles. The van der Waals surface area contributed by atoms with Crippen LogP contribution in [0.1, 0.15) is 50.8 Å². The van der Waals surface area contributed by atoms with Crippen LogP contribution in [-0.4, -0.2) is 46.3 Å². The van der Waals surface area contributed by atoms with Crippen LogP contribution >= 0.6 is 0 Å². The van der Waals surface area contributed by atoms with E-state index in [2.05, 4.69) is 22.1 Å². The van der Waals surface area contributed by atoms with Crippen LogP contribution in [0.2, 0.25) is 0 Å². The smallest absolute Gasteiger partial charge is 0.229 e. The van der Waals surface area contributed by atoms with Gasteiger partial charge in [-0.05, 0) is 62.1 Å². The van der Waals surface area contributed by atoms with Gasteiger partial charge >= 0.3 is 0 Å². The first-order valence-electron chi connectivity index (χ1n) is 12.0. The second kappa shape index (κ2) is 8.70. The molecule has 7 nitrogen and oxygen atoms in total. The molecule has 1 amide bonds. The molecule has 32 heavy (non-hydrogen) atoms. The molecule has 1 fully saturated rings. The molecule has 0 spiro atoms. The van der Waals surface area contributed by atoms with E-state index in [-0.39, 0.29) is 11.8 Å². The molecule has 3 heterocycles. The van der Waals surface area contributed by atoms with Crippen LogP contribution in [0.5, 0.6) is 0 Å². The summed E-state index contributed by atoms with van der Waals surface area (Å²) in [6.07, 6.45) is 6.44. The third-order valence-electron chi connectivity index (χ3n) is 7.60. The predicted molar refractivity (Wildman–Crippen MR) is 126 cm³/mol. The molecule has 170 valence electrons. The van der Waals surface area contributed by atoms with Crippen molar-refractivity contribution in [1.82, 2.24) is 20.2 Å². The third kappa shape index (κ3) is 3.83. The quantitative estimate of drug-likeness (QED) is 0.618. The summed E-state index contributed by atoms with van der Waals surface area (Å²) >= 11 is 0. The monoisotopic (exact) mass is 435 g/mol. The van der Waals surface area contributed by atoms with Gasteiger partial charge in [-0.15, -0.1) is 0 Å². The van der Waals surface area contributed by atoms with Crippen molar-refractivity contribution in [3.8, 4) is 11.5 Å². The van der Waals surface area contributed by atoms with Gasteiger partial charge in [0.2, 0.25) is 5.91 Å². The van der Waals surface area contributed by atoms with Gasteiger partial charge in [0, 0.05) is 43.1 Å². The highest BCUT2D eigenvalue weighted by Gasteiger charge is 2.29. The number of hydrogen-bond donors (Lipinski definition) is 2. The van der Waals surface area contributed by atoms with Crippen LogP contribution in [0.25, 0.3) is 22.6 Å². The maximum Gasteiger partial charge on any atom is 0.229 e. The Morgan fingerprint density at radius 2 is 2.09 bits per heavy atom. The Kier molecular flexibility index (Phi) is 5.76. The average Bonchev–Trinajstić information content (AvgIpc) is 3.45. The van der Waals surface area contributed by atoms with Gasteiger partial charge in [0.05, 0.1) is 11.0 Å². The van der Waals surface area contributed by atoms with Crippen LogP contribution in [-0.2, 0) is 22.4 Å². The van der Waals surface area contributed by atoms with Crippen molar-refractivity contribution in [2.45, 2.75) is 52.4 Å². The Morgan fingerprint density at radius 1 is 1.28 bits per heavy atom. The summed E-state index contributed by atoms with van der Waals surface area (Å²) in [6, 6.07) is 5.99. The van der Waals surface area contributed by atoms with Crippen molar-refractivity contribution < 1.29 is 9.53 Å². The van der Waals surface area contributed by atoms with Crippen molar-refractivity contribution in [2.75, 3.05) is 25.2 Å². The van der Waals surface area contributed by atoms with Crippen molar-refractivity contribution in [2.24, 2.45) is 17.8 Å². The van der Waals surface area contributed by atoms with Gasteiger partial charge in [-0.3, -0.25) is 9.89 Å². The number of aryl methyl sites for hydroxylation is 1. The molecule has 2 aliphatic rings. The van der Waals surface area contributed by atoms with Gasteiger partial charge in [0.1, 0.15) is 5.69 Å². The number of rotatable bonds is 5. The Bertz CT molecular complexity index is 1110. The Hall–Kier alpha value is -2.67. The first-order valence-corrected chi connectivity index (χ1v) is 12.0. The van der Waals surface area contributed by atoms with Gasteiger partial charge < -0.3 is 14.6 Å². The molecule has 7 heteroatoms. The number of aromatic nitrogens is 4. The number of nitrogens with one attached hydrogen (secondary N) is 2. The highest BCUT2D eigenvalue weighted by atomic mass is 16.5. The Labute approximate surface area is 188 Å². The molecule has 0 saturated carbocycles. The topological polar surface area (TPSA) is 86.9 Å². The molecule has 1 aliphatic carbocycles. The van der Waals surface area contributed by atoms with Gasteiger partial charge in [0.15, 0.2) is 5.82 Å². The minimum Gasteiger partial charge on any atom is -0.381 e. The summed E-state index contributed by atoms with van der Waals surface area (Å²) in [6.45, 7) is 5.82. The van der Waals surface area contributed by atoms with Gasteiger partial charge in [-0.1, -0.05) is 20.3 Å². The Morgan fingerprint density at radius 3 is 2.88 bits per heavy atom. The van der Waals surface area contributed by atoms with Crippen LogP contribution in [0.4, 0.5) is 5.69 Å². The normalized spacial score (nSPS) is 20.3. The second-order valence-corrected chi connectivity index (χ2v) is 9.47. The SMILES string of the molecule is CC[C@H]1CCc2[nH]nc(-c3nc4ccc(N(C)C(=O)C(C)C5CCOCC5)cc4[nH]3)c2C1. The summed E-state index contributed by atoms with van der Waals surface area (Å²) < 4.78 is 5.46. The number of H-pyrrole nitrogens is 2. The number of carbonyl (C=O) groups is 1. The molecule has 0 radical (unpaired) electrons. The molecule has 2 atom stereocenters. The highest BCUT2D eigenvalue weighted by Crippen LogP contribution is 2.33. The van der Waals surface area contributed by atoms with Crippen molar-refractivity contribution in [3.05, 3.63) is 29.5 Å². The van der Waals surface area contributed by atoms with Crippen LogP contribution < -0.4 is 4.90 Å². The van der Waals surface area contributed by atoms with E-state index >= 15 is 0 Å². The molecule has 1 aromatic carbocycles. The van der Waals surface area contributed by atoms with Crippen LogP contribution in [0.15, 0.2) is 18.2 Å². The number of aromatic amines is 2. The zero-order chi connectivity index (χ0) is 22.2. The molecular weight excluding hydrogens is 402 g/mol. The number of anilines is 1. The highest BCUT2D eigenvalue weighted by molar-refractivity contribution is 5.96. The lowest BCUT2D eigenvalue weighted by Crippen LogP contribution is -2.37. The molecular formula is C25H33N5O2. The third-order valence-corrected chi connectivity index (χ3v) is 7.60. The first kappa shape index (κ1) is 21.2. The largest absolute Gasteiger partial charge is 0.381 e. The summed E-state index contributed by atoms with van der Waals surface area (Å²) in [5.41, 5.74) is 6.19. The molecule has 2 aromatic heterocycles. The summed E-state index contributed by atoms with van der Waals surface area (Å²) in [5, 5.41) is 7.83. The molecule has 5 rings (SSSR count). The first-order chi connectivity index (χ1) is 15.5. The average molecular weight is 436 g/mol. The van der Waals surface area contributed by atoms with E-state index < -0.39 is 0 Å². The van der Waals surface area contributed by atoms with E-state index in [0.29, 0.717) is 11.8 Å². The molecule has 0 bridgehead atoms. The lowest BCUT2D eigenvalue weighted by molar-refractivity contribution is -0.124. The van der Waals surface area contributed by atoms with Crippen LogP contribution in [0, 0.1) is 17.8 Å². The van der Waals surface area contributed by atoms with Gasteiger partial charge in [-0.2, -0.15) is 5.10 Å². The maximum atomic E-state index is 13.1. The number of benzene rings is 1. The van der Waals surface area contributed by atoms with E-state index in [9.17, 15) is 4.79 Å². The van der Waals surface area contributed by atoms with Crippen molar-refractivity contribution in [1.29, 1.82) is 0 Å². The minimum absolute atomic E-state index is 0.0148. The molecule has 3 aromatic rings. The number of fused-ring (bicyclic) bond motifs is 2. The number of imidazole rings is 1. The van der Waals surface area contributed by atoms with E-state index in [1.165, 1.54) is 24.1 Å². The minimum atomic E-state index is -0.0148. The fraction of sp³-hybridized carbons (Fsp3) is 0.560. The predicted octanol–water partition coefficient (Wildman–Crippen LogP) is 4.49. The fourth-order valence-electron chi connectivity index (χ4n) is 5.28.